The smallest absolute Gasteiger partial charge is 0.251 e. The number of amides is 1. The van der Waals surface area contributed by atoms with E-state index in [1.165, 1.54) is 10.6 Å². The lowest BCUT2D eigenvalue weighted by Crippen LogP contribution is -2.39. The Hall–Kier alpha value is -1.89. The van der Waals surface area contributed by atoms with Gasteiger partial charge in [-0.1, -0.05) is 41.4 Å². The van der Waals surface area contributed by atoms with Crippen molar-refractivity contribution in [2.24, 2.45) is 0 Å². The van der Waals surface area contributed by atoms with Gasteiger partial charge in [0, 0.05) is 30.2 Å². The molecular formula is C19H23ClN2O3S. The molecule has 0 bridgehead atoms. The monoisotopic (exact) mass is 394 g/mol. The molecule has 0 aliphatic rings. The maximum absolute atomic E-state index is 12.1. The van der Waals surface area contributed by atoms with E-state index in [0.29, 0.717) is 23.6 Å². The van der Waals surface area contributed by atoms with Crippen LogP contribution in [0.5, 0.6) is 0 Å². The van der Waals surface area contributed by atoms with Crippen LogP contribution < -0.4 is 5.32 Å². The second kappa shape index (κ2) is 9.16. The number of nitrogens with zero attached hydrogens (tertiary/aromatic N) is 1. The number of benzene rings is 2. The Morgan fingerprint density at radius 3 is 2.42 bits per heavy atom. The molecule has 0 fully saturated rings. The third kappa shape index (κ3) is 6.44. The lowest BCUT2D eigenvalue weighted by atomic mass is 10.1. The lowest BCUT2D eigenvalue weighted by Gasteiger charge is -2.20. The number of aryl methyl sites for hydroxylation is 1. The third-order valence-electron chi connectivity index (χ3n) is 3.97. The molecule has 0 unspecified atom stereocenters. The standard InChI is InChI=1S/C19H23ClN2O3S/c1-15-6-8-17(9-7-15)19(23)21-11-13-22(26(2,24)25)12-10-16-4-3-5-18(20)14-16/h3-9,14H,10-13H2,1-2H3,(H,21,23). The van der Waals surface area contributed by atoms with Gasteiger partial charge in [0.1, 0.15) is 0 Å². The van der Waals surface area contributed by atoms with Gasteiger partial charge in [-0.05, 0) is 43.2 Å². The Kier molecular flexibility index (Phi) is 7.20. The molecule has 140 valence electrons. The van der Waals surface area contributed by atoms with Crippen molar-refractivity contribution in [3.63, 3.8) is 0 Å². The first-order valence-corrected chi connectivity index (χ1v) is 10.5. The van der Waals surface area contributed by atoms with Crippen LogP contribution in [0.4, 0.5) is 0 Å². The van der Waals surface area contributed by atoms with E-state index >= 15 is 0 Å². The number of nitrogens with one attached hydrogen (secondary N) is 1. The molecule has 5 nitrogen and oxygen atoms in total. The van der Waals surface area contributed by atoms with Gasteiger partial charge in [0.15, 0.2) is 0 Å². The fourth-order valence-corrected chi connectivity index (χ4v) is 3.55. The largest absolute Gasteiger partial charge is 0.351 e. The summed E-state index contributed by atoms with van der Waals surface area (Å²) in [6.07, 6.45) is 1.73. The minimum atomic E-state index is -3.36. The summed E-state index contributed by atoms with van der Waals surface area (Å²) in [7, 11) is -3.36. The molecule has 1 N–H and O–H groups in total. The Bertz CT molecular complexity index is 851. The second-order valence-corrected chi connectivity index (χ2v) is 8.58. The van der Waals surface area contributed by atoms with Gasteiger partial charge < -0.3 is 5.32 Å². The van der Waals surface area contributed by atoms with Gasteiger partial charge >= 0.3 is 0 Å². The van der Waals surface area contributed by atoms with Crippen molar-refractivity contribution in [3.8, 4) is 0 Å². The zero-order valence-electron chi connectivity index (χ0n) is 14.9. The van der Waals surface area contributed by atoms with E-state index in [9.17, 15) is 13.2 Å². The highest BCUT2D eigenvalue weighted by Crippen LogP contribution is 2.12. The van der Waals surface area contributed by atoms with Crippen LogP contribution in [0.2, 0.25) is 5.02 Å². The topological polar surface area (TPSA) is 66.5 Å². The lowest BCUT2D eigenvalue weighted by molar-refractivity contribution is 0.0951. The molecule has 0 saturated heterocycles. The molecule has 2 aromatic rings. The van der Waals surface area contributed by atoms with Gasteiger partial charge in [-0.2, -0.15) is 0 Å². The highest BCUT2D eigenvalue weighted by Gasteiger charge is 2.16. The van der Waals surface area contributed by atoms with E-state index in [2.05, 4.69) is 5.32 Å². The van der Waals surface area contributed by atoms with E-state index in [4.69, 9.17) is 11.6 Å². The number of carbonyl (C=O) groups excluding carboxylic acids is 1. The predicted octanol–water partition coefficient (Wildman–Crippen LogP) is 2.88. The Labute approximate surface area is 160 Å². The molecule has 2 aromatic carbocycles. The van der Waals surface area contributed by atoms with Gasteiger partial charge in [-0.3, -0.25) is 4.79 Å². The Balaban J connectivity index is 1.89. The number of carbonyl (C=O) groups is 1. The molecule has 0 aliphatic heterocycles. The first-order valence-electron chi connectivity index (χ1n) is 8.30. The molecule has 0 atom stereocenters. The van der Waals surface area contributed by atoms with Crippen molar-refractivity contribution in [3.05, 3.63) is 70.2 Å². The van der Waals surface area contributed by atoms with E-state index in [1.807, 2.05) is 37.3 Å². The molecule has 0 spiro atoms. The highest BCUT2D eigenvalue weighted by molar-refractivity contribution is 7.88. The van der Waals surface area contributed by atoms with Crippen LogP contribution in [0, 0.1) is 6.92 Å². The number of halogens is 1. The van der Waals surface area contributed by atoms with Gasteiger partial charge in [-0.15, -0.1) is 0 Å². The number of hydrogen-bond donors (Lipinski definition) is 1. The summed E-state index contributed by atoms with van der Waals surface area (Å²) in [5.74, 6) is -0.215. The molecule has 7 heteroatoms. The summed E-state index contributed by atoms with van der Waals surface area (Å²) in [6.45, 7) is 2.75. The van der Waals surface area contributed by atoms with Crippen LogP contribution in [0.15, 0.2) is 48.5 Å². The van der Waals surface area contributed by atoms with Gasteiger partial charge in [0.25, 0.3) is 5.91 Å². The third-order valence-corrected chi connectivity index (χ3v) is 5.51. The van der Waals surface area contributed by atoms with Crippen LogP contribution in [-0.4, -0.2) is 44.5 Å². The quantitative estimate of drug-likeness (QED) is 0.748. The van der Waals surface area contributed by atoms with Crippen molar-refractivity contribution >= 4 is 27.5 Å². The van der Waals surface area contributed by atoms with Gasteiger partial charge in [0.05, 0.1) is 6.26 Å². The molecule has 1 amide bonds. The maximum atomic E-state index is 12.1. The number of hydrogen-bond acceptors (Lipinski definition) is 3. The summed E-state index contributed by atoms with van der Waals surface area (Å²) in [6, 6.07) is 14.6. The number of rotatable bonds is 8. The minimum Gasteiger partial charge on any atom is -0.351 e. The van der Waals surface area contributed by atoms with E-state index in [-0.39, 0.29) is 19.0 Å². The summed E-state index contributed by atoms with van der Waals surface area (Å²) in [5.41, 5.74) is 2.60. The second-order valence-electron chi connectivity index (χ2n) is 6.16. The van der Waals surface area contributed by atoms with Gasteiger partial charge in [0.2, 0.25) is 10.0 Å². The first kappa shape index (κ1) is 20.4. The zero-order chi connectivity index (χ0) is 19.2. The van der Waals surface area contributed by atoms with Crippen molar-refractivity contribution < 1.29 is 13.2 Å². The van der Waals surface area contributed by atoms with Crippen LogP contribution in [0.1, 0.15) is 21.5 Å². The van der Waals surface area contributed by atoms with E-state index in [0.717, 1.165) is 11.1 Å². The summed E-state index contributed by atoms with van der Waals surface area (Å²) < 4.78 is 25.3. The SMILES string of the molecule is Cc1ccc(C(=O)NCCN(CCc2cccc(Cl)c2)S(C)(=O)=O)cc1. The maximum Gasteiger partial charge on any atom is 0.251 e. The van der Waals surface area contributed by atoms with E-state index in [1.54, 1.807) is 18.2 Å². The van der Waals surface area contributed by atoms with Crippen molar-refractivity contribution in [2.75, 3.05) is 25.9 Å². The minimum absolute atomic E-state index is 0.215. The average molecular weight is 395 g/mol. The van der Waals surface area contributed by atoms with Crippen molar-refractivity contribution in [1.82, 2.24) is 9.62 Å². The van der Waals surface area contributed by atoms with Crippen molar-refractivity contribution in [1.29, 1.82) is 0 Å². The Morgan fingerprint density at radius 1 is 1.12 bits per heavy atom. The normalized spacial score (nSPS) is 11.5. The summed E-state index contributed by atoms with van der Waals surface area (Å²) in [5, 5.41) is 3.39. The zero-order valence-corrected chi connectivity index (χ0v) is 16.5. The van der Waals surface area contributed by atoms with Crippen LogP contribution in [-0.2, 0) is 16.4 Å². The van der Waals surface area contributed by atoms with Crippen LogP contribution in [0.3, 0.4) is 0 Å². The predicted molar refractivity (Wildman–Crippen MR) is 105 cm³/mol. The first-order chi connectivity index (χ1) is 12.3. The average Bonchev–Trinajstić information content (AvgIpc) is 2.57. The van der Waals surface area contributed by atoms with Crippen LogP contribution >= 0.6 is 11.6 Å². The molecule has 26 heavy (non-hydrogen) atoms. The number of sulfonamides is 1. The fourth-order valence-electron chi connectivity index (χ4n) is 2.49. The molecule has 0 saturated carbocycles. The van der Waals surface area contributed by atoms with E-state index < -0.39 is 10.0 Å². The molecular weight excluding hydrogens is 372 g/mol. The molecule has 0 aromatic heterocycles. The molecule has 0 aliphatic carbocycles. The molecule has 0 heterocycles. The fraction of sp³-hybridized carbons (Fsp3) is 0.316. The molecule has 0 radical (unpaired) electrons. The van der Waals surface area contributed by atoms with Crippen molar-refractivity contribution in [2.45, 2.75) is 13.3 Å². The summed E-state index contributed by atoms with van der Waals surface area (Å²) >= 11 is 5.96. The molecule has 2 rings (SSSR count). The van der Waals surface area contributed by atoms with Gasteiger partial charge in [-0.25, -0.2) is 12.7 Å². The summed E-state index contributed by atoms with van der Waals surface area (Å²) in [4.78, 5) is 12.1. The Morgan fingerprint density at radius 2 is 1.81 bits per heavy atom. The van der Waals surface area contributed by atoms with Crippen LogP contribution in [0.25, 0.3) is 0 Å². The highest BCUT2D eigenvalue weighted by atomic mass is 35.5.